The van der Waals surface area contributed by atoms with Crippen LogP contribution in [0.2, 0.25) is 0 Å². The van der Waals surface area contributed by atoms with Crippen molar-refractivity contribution in [1.82, 2.24) is 0 Å². The molecule has 0 aliphatic carbocycles. The molecule has 0 bridgehead atoms. The van der Waals surface area contributed by atoms with E-state index in [4.69, 9.17) is 10.8 Å². The van der Waals surface area contributed by atoms with Gasteiger partial charge in [-0.25, -0.2) is 0 Å². The van der Waals surface area contributed by atoms with E-state index in [0.29, 0.717) is 6.61 Å². The normalized spacial score (nSPS) is 14.1. The average Bonchev–Trinajstić information content (AvgIpc) is 1.68. The van der Waals surface area contributed by atoms with Crippen LogP contribution in [-0.2, 0) is 4.74 Å². The number of aliphatic hydroxyl groups is 1. The van der Waals surface area contributed by atoms with Crippen LogP contribution in [0, 0.1) is 0 Å². The van der Waals surface area contributed by atoms with Crippen LogP contribution in [-0.4, -0.2) is 24.5 Å². The molecule has 0 amide bonds. The van der Waals surface area contributed by atoms with Gasteiger partial charge in [-0.2, -0.15) is 0 Å². The first-order valence-electron chi connectivity index (χ1n) is 2.31. The van der Waals surface area contributed by atoms with Crippen LogP contribution in [0.3, 0.4) is 0 Å². The fraction of sp³-hybridized carbons (Fsp3) is 1.00. The molecule has 0 spiro atoms. The Labute approximate surface area is 43.1 Å². The maximum Gasteiger partial charge on any atom is 0.166 e. The maximum absolute atomic E-state index is 8.51. The Bertz CT molecular complexity index is 40.7. The standard InChI is InChI=1S/C4H11NO2/c1-2-7-4(6)3-5/h4,6H,2-3,5H2,1H3. The number of aliphatic hydroxyl groups excluding tert-OH is 1. The van der Waals surface area contributed by atoms with Crippen molar-refractivity contribution < 1.29 is 9.84 Å². The molecule has 1 unspecified atom stereocenters. The zero-order chi connectivity index (χ0) is 5.70. The number of nitrogens with two attached hydrogens (primary N) is 1. The monoisotopic (exact) mass is 105 g/mol. The summed E-state index contributed by atoms with van der Waals surface area (Å²) in [6, 6.07) is 0. The molecule has 7 heavy (non-hydrogen) atoms. The summed E-state index contributed by atoms with van der Waals surface area (Å²) in [5.41, 5.74) is 4.98. The van der Waals surface area contributed by atoms with Crippen molar-refractivity contribution >= 4 is 0 Å². The number of rotatable bonds is 3. The largest absolute Gasteiger partial charge is 0.367 e. The summed E-state index contributed by atoms with van der Waals surface area (Å²) >= 11 is 0. The van der Waals surface area contributed by atoms with Gasteiger partial charge >= 0.3 is 0 Å². The lowest BCUT2D eigenvalue weighted by Gasteiger charge is -2.04. The third kappa shape index (κ3) is 3.72. The lowest BCUT2D eigenvalue weighted by molar-refractivity contribution is -0.0864. The van der Waals surface area contributed by atoms with Gasteiger partial charge in [-0.05, 0) is 6.92 Å². The van der Waals surface area contributed by atoms with Crippen molar-refractivity contribution in [2.45, 2.75) is 13.2 Å². The minimum atomic E-state index is -0.773. The number of ether oxygens (including phenoxy) is 1. The zero-order valence-electron chi connectivity index (χ0n) is 4.42. The first kappa shape index (κ1) is 6.88. The lowest BCUT2D eigenvalue weighted by Crippen LogP contribution is -2.22. The van der Waals surface area contributed by atoms with E-state index in [0.717, 1.165) is 0 Å². The Balaban J connectivity index is 2.83. The summed E-state index contributed by atoms with van der Waals surface area (Å²) in [6.45, 7) is 2.49. The Morgan fingerprint density at radius 3 is 2.57 bits per heavy atom. The van der Waals surface area contributed by atoms with E-state index in [1.807, 2.05) is 0 Å². The van der Waals surface area contributed by atoms with Crippen molar-refractivity contribution in [2.75, 3.05) is 13.2 Å². The molecule has 3 N–H and O–H groups in total. The molecule has 0 aliphatic heterocycles. The van der Waals surface area contributed by atoms with E-state index in [-0.39, 0.29) is 6.54 Å². The van der Waals surface area contributed by atoms with E-state index < -0.39 is 6.29 Å². The summed E-state index contributed by atoms with van der Waals surface area (Å²) < 4.78 is 4.62. The summed E-state index contributed by atoms with van der Waals surface area (Å²) in [4.78, 5) is 0. The van der Waals surface area contributed by atoms with Gasteiger partial charge in [0, 0.05) is 13.2 Å². The molecule has 3 nitrogen and oxygen atoms in total. The molecule has 0 aromatic heterocycles. The number of hydrogen-bond acceptors (Lipinski definition) is 3. The van der Waals surface area contributed by atoms with Crippen molar-refractivity contribution in [3.63, 3.8) is 0 Å². The highest BCUT2D eigenvalue weighted by Crippen LogP contribution is 1.79. The van der Waals surface area contributed by atoms with Gasteiger partial charge in [0.15, 0.2) is 6.29 Å². The molecule has 3 heteroatoms. The first-order valence-corrected chi connectivity index (χ1v) is 2.31. The van der Waals surface area contributed by atoms with Crippen LogP contribution in [0.15, 0.2) is 0 Å². The van der Waals surface area contributed by atoms with Crippen LogP contribution in [0.4, 0.5) is 0 Å². The fourth-order valence-corrected chi connectivity index (χ4v) is 0.260. The SMILES string of the molecule is CCOC(O)CN. The number of hydrogen-bond donors (Lipinski definition) is 2. The average molecular weight is 105 g/mol. The van der Waals surface area contributed by atoms with Gasteiger partial charge in [0.25, 0.3) is 0 Å². The van der Waals surface area contributed by atoms with Gasteiger partial charge in [0.05, 0.1) is 0 Å². The minimum Gasteiger partial charge on any atom is -0.367 e. The van der Waals surface area contributed by atoms with E-state index in [1.54, 1.807) is 6.92 Å². The molecular weight excluding hydrogens is 94.0 g/mol. The first-order chi connectivity index (χ1) is 3.31. The fourth-order valence-electron chi connectivity index (χ4n) is 0.260. The third-order valence-corrected chi connectivity index (χ3v) is 0.561. The van der Waals surface area contributed by atoms with E-state index in [9.17, 15) is 0 Å². The van der Waals surface area contributed by atoms with Gasteiger partial charge in [0.1, 0.15) is 0 Å². The van der Waals surface area contributed by atoms with Gasteiger partial charge in [-0.3, -0.25) is 0 Å². The van der Waals surface area contributed by atoms with Gasteiger partial charge in [-0.1, -0.05) is 0 Å². The quantitative estimate of drug-likeness (QED) is 0.467. The van der Waals surface area contributed by atoms with E-state index in [1.165, 1.54) is 0 Å². The molecule has 0 aromatic rings. The smallest absolute Gasteiger partial charge is 0.166 e. The Hall–Kier alpha value is -0.120. The molecule has 0 aliphatic rings. The molecular formula is C4H11NO2. The summed E-state index contributed by atoms with van der Waals surface area (Å²) in [6.07, 6.45) is -0.773. The topological polar surface area (TPSA) is 55.5 Å². The minimum absolute atomic E-state index is 0.174. The molecule has 1 atom stereocenters. The Morgan fingerprint density at radius 1 is 1.86 bits per heavy atom. The second kappa shape index (κ2) is 4.05. The molecule has 0 saturated carbocycles. The molecule has 44 valence electrons. The molecule has 0 fully saturated rings. The molecule has 0 heterocycles. The van der Waals surface area contributed by atoms with Crippen molar-refractivity contribution in [1.29, 1.82) is 0 Å². The molecule has 0 radical (unpaired) electrons. The molecule has 0 saturated heterocycles. The van der Waals surface area contributed by atoms with Crippen molar-refractivity contribution in [3.05, 3.63) is 0 Å². The second-order valence-electron chi connectivity index (χ2n) is 1.15. The van der Waals surface area contributed by atoms with Crippen LogP contribution < -0.4 is 5.73 Å². The van der Waals surface area contributed by atoms with Crippen LogP contribution in [0.1, 0.15) is 6.92 Å². The molecule has 0 rings (SSSR count). The van der Waals surface area contributed by atoms with Crippen molar-refractivity contribution in [2.24, 2.45) is 5.73 Å². The predicted molar refractivity (Wildman–Crippen MR) is 26.7 cm³/mol. The zero-order valence-corrected chi connectivity index (χ0v) is 4.42. The lowest BCUT2D eigenvalue weighted by atomic mass is 10.6. The van der Waals surface area contributed by atoms with Gasteiger partial charge in [0.2, 0.25) is 0 Å². The highest BCUT2D eigenvalue weighted by molar-refractivity contribution is 4.35. The highest BCUT2D eigenvalue weighted by atomic mass is 16.6. The van der Waals surface area contributed by atoms with Crippen LogP contribution >= 0.6 is 0 Å². The van der Waals surface area contributed by atoms with E-state index in [2.05, 4.69) is 4.74 Å². The van der Waals surface area contributed by atoms with Crippen LogP contribution in [0.25, 0.3) is 0 Å². The Kier molecular flexibility index (Phi) is 3.98. The van der Waals surface area contributed by atoms with Crippen molar-refractivity contribution in [3.8, 4) is 0 Å². The summed E-state index contributed by atoms with van der Waals surface area (Å²) in [5.74, 6) is 0. The maximum atomic E-state index is 8.51. The second-order valence-corrected chi connectivity index (χ2v) is 1.15. The van der Waals surface area contributed by atoms with Gasteiger partial charge < -0.3 is 15.6 Å². The van der Waals surface area contributed by atoms with E-state index >= 15 is 0 Å². The molecule has 0 aromatic carbocycles. The Morgan fingerprint density at radius 2 is 2.43 bits per heavy atom. The van der Waals surface area contributed by atoms with Gasteiger partial charge in [-0.15, -0.1) is 0 Å². The predicted octanol–water partition coefficient (Wildman–Crippen LogP) is -0.700. The summed E-state index contributed by atoms with van der Waals surface area (Å²) in [7, 11) is 0. The highest BCUT2D eigenvalue weighted by Gasteiger charge is 1.94. The van der Waals surface area contributed by atoms with Crippen LogP contribution in [0.5, 0.6) is 0 Å². The summed E-state index contributed by atoms with van der Waals surface area (Å²) in [5, 5.41) is 8.51. The third-order valence-electron chi connectivity index (χ3n) is 0.561.